The third kappa shape index (κ3) is 2.75. The Morgan fingerprint density at radius 3 is 2.68 bits per heavy atom. The Morgan fingerprint density at radius 2 is 1.92 bits per heavy atom. The molecule has 124 valence electrons. The Hall–Kier alpha value is -3.18. The quantitative estimate of drug-likeness (QED) is 0.597. The van der Waals surface area contributed by atoms with E-state index in [0.717, 1.165) is 44.6 Å². The van der Waals surface area contributed by atoms with Crippen LogP contribution in [0.2, 0.25) is 0 Å². The van der Waals surface area contributed by atoms with Gasteiger partial charge in [0.2, 0.25) is 0 Å². The number of aromatic amines is 1. The molecule has 0 saturated carbocycles. The molecule has 4 rings (SSSR count). The van der Waals surface area contributed by atoms with Crippen molar-refractivity contribution in [2.75, 3.05) is 7.11 Å². The summed E-state index contributed by atoms with van der Waals surface area (Å²) in [5, 5.41) is 11.9. The van der Waals surface area contributed by atoms with Crippen LogP contribution in [-0.2, 0) is 6.61 Å². The first-order valence-electron chi connectivity index (χ1n) is 7.96. The van der Waals surface area contributed by atoms with Crippen LogP contribution >= 0.6 is 0 Å². The van der Waals surface area contributed by atoms with Gasteiger partial charge >= 0.3 is 0 Å². The summed E-state index contributed by atoms with van der Waals surface area (Å²) < 4.78 is 5.28. The summed E-state index contributed by atoms with van der Waals surface area (Å²) in [7, 11) is 1.66. The summed E-state index contributed by atoms with van der Waals surface area (Å²) in [5.41, 5.74) is 4.31. The zero-order valence-corrected chi connectivity index (χ0v) is 13.7. The maximum atomic E-state index is 9.74. The summed E-state index contributed by atoms with van der Waals surface area (Å²) in [6.07, 6.45) is 5.09. The largest absolute Gasteiger partial charge is 0.497 e. The predicted molar refractivity (Wildman–Crippen MR) is 97.2 cm³/mol. The maximum Gasteiger partial charge on any atom is 0.119 e. The van der Waals surface area contributed by atoms with Gasteiger partial charge in [-0.15, -0.1) is 0 Å². The van der Waals surface area contributed by atoms with E-state index in [9.17, 15) is 5.11 Å². The molecule has 2 aromatic heterocycles. The average molecular weight is 331 g/mol. The van der Waals surface area contributed by atoms with Crippen LogP contribution < -0.4 is 4.74 Å². The number of ether oxygens (including phenoxy) is 1. The van der Waals surface area contributed by atoms with E-state index in [0.29, 0.717) is 0 Å². The Balaban J connectivity index is 1.91. The van der Waals surface area contributed by atoms with Crippen LogP contribution in [0.5, 0.6) is 5.75 Å². The number of nitrogens with one attached hydrogen (secondary N) is 1. The van der Waals surface area contributed by atoms with E-state index in [-0.39, 0.29) is 6.61 Å². The lowest BCUT2D eigenvalue weighted by Crippen LogP contribution is -1.96. The molecule has 0 atom stereocenters. The number of hydrogen-bond acceptors (Lipinski definition) is 4. The second-order valence-electron chi connectivity index (χ2n) is 5.74. The van der Waals surface area contributed by atoms with Crippen molar-refractivity contribution in [3.05, 3.63) is 66.7 Å². The fraction of sp³-hybridized carbons (Fsp3) is 0.100. The first-order valence-corrected chi connectivity index (χ1v) is 7.96. The molecule has 5 heteroatoms. The van der Waals surface area contributed by atoms with E-state index in [1.54, 1.807) is 25.8 Å². The standard InChI is InChI=1S/C20H17N3O2/c1-25-17-5-4-13-8-15(3-2-14(13)9-17)20-19(18-10-21-12-23-18)16(11-24)6-7-22-20/h2-10,12,24H,11H2,1H3,(H,21,23). The number of pyridine rings is 1. The van der Waals surface area contributed by atoms with Gasteiger partial charge in [-0.05, 0) is 40.6 Å². The highest BCUT2D eigenvalue weighted by atomic mass is 16.5. The number of rotatable bonds is 4. The average Bonchev–Trinajstić information content (AvgIpc) is 3.20. The first-order chi connectivity index (χ1) is 12.3. The third-order valence-electron chi connectivity index (χ3n) is 4.30. The van der Waals surface area contributed by atoms with Crippen LogP contribution in [0.4, 0.5) is 0 Å². The van der Waals surface area contributed by atoms with Gasteiger partial charge in [0, 0.05) is 17.3 Å². The number of nitrogens with zero attached hydrogens (tertiary/aromatic N) is 2. The highest BCUT2D eigenvalue weighted by Crippen LogP contribution is 2.34. The number of aliphatic hydroxyl groups excluding tert-OH is 1. The van der Waals surface area contributed by atoms with Gasteiger partial charge in [-0.2, -0.15) is 0 Å². The van der Waals surface area contributed by atoms with E-state index >= 15 is 0 Å². The molecule has 0 fully saturated rings. The fourth-order valence-electron chi connectivity index (χ4n) is 3.04. The molecule has 25 heavy (non-hydrogen) atoms. The molecule has 0 aliphatic carbocycles. The van der Waals surface area contributed by atoms with Gasteiger partial charge in [-0.1, -0.05) is 18.2 Å². The Labute approximate surface area is 145 Å². The van der Waals surface area contributed by atoms with Gasteiger partial charge in [0.05, 0.1) is 37.6 Å². The lowest BCUT2D eigenvalue weighted by molar-refractivity contribution is 0.282. The Kier molecular flexibility index (Phi) is 3.91. The molecule has 2 N–H and O–H groups in total. The van der Waals surface area contributed by atoms with Crippen LogP contribution in [0.3, 0.4) is 0 Å². The maximum absolute atomic E-state index is 9.74. The molecule has 5 nitrogen and oxygen atoms in total. The minimum atomic E-state index is -0.0609. The predicted octanol–water partition coefficient (Wildman–Crippen LogP) is 3.79. The highest BCUT2D eigenvalue weighted by Gasteiger charge is 2.15. The lowest BCUT2D eigenvalue weighted by atomic mass is 9.97. The number of benzene rings is 2. The van der Waals surface area contributed by atoms with Crippen LogP contribution in [0.25, 0.3) is 33.3 Å². The summed E-state index contributed by atoms with van der Waals surface area (Å²) >= 11 is 0. The van der Waals surface area contributed by atoms with Crippen LogP contribution in [0.1, 0.15) is 5.56 Å². The zero-order valence-electron chi connectivity index (χ0n) is 13.7. The molecule has 0 aliphatic rings. The van der Waals surface area contributed by atoms with Gasteiger partial charge in [0.15, 0.2) is 0 Å². The van der Waals surface area contributed by atoms with E-state index < -0.39 is 0 Å². The van der Waals surface area contributed by atoms with E-state index in [4.69, 9.17) is 4.74 Å². The number of methoxy groups -OCH3 is 1. The van der Waals surface area contributed by atoms with Crippen molar-refractivity contribution < 1.29 is 9.84 Å². The van der Waals surface area contributed by atoms with Crippen molar-refractivity contribution >= 4 is 10.8 Å². The van der Waals surface area contributed by atoms with Crippen molar-refractivity contribution in [3.63, 3.8) is 0 Å². The lowest BCUT2D eigenvalue weighted by Gasteiger charge is -2.12. The molecule has 0 spiro atoms. The minimum Gasteiger partial charge on any atom is -0.497 e. The molecule has 2 aromatic carbocycles. The molecule has 0 amide bonds. The fourth-order valence-corrected chi connectivity index (χ4v) is 3.04. The van der Waals surface area contributed by atoms with Crippen LogP contribution in [-0.4, -0.2) is 27.2 Å². The SMILES string of the molecule is COc1ccc2cc(-c3nccc(CO)c3-c3cnc[nH]3)ccc2c1. The molecule has 4 aromatic rings. The smallest absolute Gasteiger partial charge is 0.119 e. The molecule has 0 saturated heterocycles. The Morgan fingerprint density at radius 1 is 1.08 bits per heavy atom. The molecular weight excluding hydrogens is 314 g/mol. The van der Waals surface area contributed by atoms with Gasteiger partial charge in [-0.25, -0.2) is 4.98 Å². The highest BCUT2D eigenvalue weighted by molar-refractivity contribution is 5.90. The Bertz CT molecular complexity index is 1030. The molecule has 0 radical (unpaired) electrons. The summed E-state index contributed by atoms with van der Waals surface area (Å²) in [6.45, 7) is -0.0609. The van der Waals surface area contributed by atoms with Crippen molar-refractivity contribution in [1.82, 2.24) is 15.0 Å². The van der Waals surface area contributed by atoms with Crippen molar-refractivity contribution in [3.8, 4) is 28.3 Å². The normalized spacial score (nSPS) is 11.0. The number of H-pyrrole nitrogens is 1. The van der Waals surface area contributed by atoms with E-state index in [1.165, 1.54) is 0 Å². The third-order valence-corrected chi connectivity index (χ3v) is 4.30. The molecule has 0 unspecified atom stereocenters. The first kappa shape index (κ1) is 15.4. The molecular formula is C20H17N3O2. The second-order valence-corrected chi connectivity index (χ2v) is 5.74. The summed E-state index contributed by atoms with van der Waals surface area (Å²) in [6, 6.07) is 14.0. The molecule has 0 aliphatic heterocycles. The van der Waals surface area contributed by atoms with Gasteiger partial charge in [0.1, 0.15) is 5.75 Å². The van der Waals surface area contributed by atoms with Crippen LogP contribution in [0, 0.1) is 0 Å². The van der Waals surface area contributed by atoms with Crippen molar-refractivity contribution in [2.45, 2.75) is 6.61 Å². The van der Waals surface area contributed by atoms with Crippen molar-refractivity contribution in [1.29, 1.82) is 0 Å². The van der Waals surface area contributed by atoms with Gasteiger partial charge < -0.3 is 14.8 Å². The van der Waals surface area contributed by atoms with Crippen LogP contribution in [0.15, 0.2) is 61.2 Å². The number of imidazole rings is 1. The molecule has 2 heterocycles. The second kappa shape index (κ2) is 6.37. The number of fused-ring (bicyclic) bond motifs is 1. The van der Waals surface area contributed by atoms with Gasteiger partial charge in [0.25, 0.3) is 0 Å². The van der Waals surface area contributed by atoms with E-state index in [1.807, 2.05) is 30.3 Å². The van der Waals surface area contributed by atoms with Crippen molar-refractivity contribution in [2.24, 2.45) is 0 Å². The van der Waals surface area contributed by atoms with Gasteiger partial charge in [-0.3, -0.25) is 4.98 Å². The number of aromatic nitrogens is 3. The topological polar surface area (TPSA) is 71.0 Å². The summed E-state index contributed by atoms with van der Waals surface area (Å²) in [4.78, 5) is 11.8. The monoisotopic (exact) mass is 331 g/mol. The minimum absolute atomic E-state index is 0.0609. The number of hydrogen-bond donors (Lipinski definition) is 2. The van der Waals surface area contributed by atoms with E-state index in [2.05, 4.69) is 27.1 Å². The number of aliphatic hydroxyl groups is 1. The summed E-state index contributed by atoms with van der Waals surface area (Å²) in [5.74, 6) is 0.832. The zero-order chi connectivity index (χ0) is 17.2. The molecule has 0 bridgehead atoms.